The monoisotopic (exact) mass is 251 g/mol. The molecule has 1 aromatic heterocycles. The van der Waals surface area contributed by atoms with Gasteiger partial charge >= 0.3 is 0 Å². The van der Waals surface area contributed by atoms with Gasteiger partial charge in [0.15, 0.2) is 0 Å². The molecule has 1 aromatic rings. The summed E-state index contributed by atoms with van der Waals surface area (Å²) in [7, 11) is 0. The molecule has 0 aromatic carbocycles. The third kappa shape index (κ3) is 4.29. The molecule has 0 fully saturated rings. The summed E-state index contributed by atoms with van der Waals surface area (Å²) in [4.78, 5) is 21.6. The zero-order chi connectivity index (χ0) is 13.7. The number of hydrogen-bond donors (Lipinski definition) is 2. The molecule has 100 valence electrons. The minimum Gasteiger partial charge on any atom is -0.368 e. The summed E-state index contributed by atoms with van der Waals surface area (Å²) < 4.78 is 0. The molecular weight excluding hydrogens is 230 g/mol. The SMILES string of the molecule is Cc1cc(CN)nc(N(CC(N)=O)CC(C)C)n1. The molecule has 0 aliphatic carbocycles. The third-order valence-electron chi connectivity index (χ3n) is 2.32. The molecule has 4 N–H and O–H groups in total. The Bertz CT molecular complexity index is 419. The number of nitrogens with two attached hydrogens (primary N) is 2. The normalized spacial score (nSPS) is 10.7. The number of aromatic nitrogens is 2. The fourth-order valence-corrected chi connectivity index (χ4v) is 1.71. The van der Waals surface area contributed by atoms with Crippen molar-refractivity contribution in [1.82, 2.24) is 9.97 Å². The first-order chi connectivity index (χ1) is 8.42. The maximum absolute atomic E-state index is 11.1. The summed E-state index contributed by atoms with van der Waals surface area (Å²) >= 11 is 0. The van der Waals surface area contributed by atoms with Gasteiger partial charge in [-0.05, 0) is 18.9 Å². The first-order valence-electron chi connectivity index (χ1n) is 6.00. The smallest absolute Gasteiger partial charge is 0.237 e. The highest BCUT2D eigenvalue weighted by Gasteiger charge is 2.15. The molecule has 0 radical (unpaired) electrons. The fourth-order valence-electron chi connectivity index (χ4n) is 1.71. The van der Waals surface area contributed by atoms with E-state index in [1.54, 1.807) is 4.90 Å². The van der Waals surface area contributed by atoms with Gasteiger partial charge < -0.3 is 16.4 Å². The molecule has 0 aliphatic heterocycles. The van der Waals surface area contributed by atoms with Gasteiger partial charge in [-0.25, -0.2) is 9.97 Å². The lowest BCUT2D eigenvalue weighted by atomic mass is 10.2. The van der Waals surface area contributed by atoms with Crippen LogP contribution in [-0.4, -0.2) is 29.0 Å². The van der Waals surface area contributed by atoms with Crippen molar-refractivity contribution in [3.8, 4) is 0 Å². The van der Waals surface area contributed by atoms with Crippen LogP contribution in [0.5, 0.6) is 0 Å². The summed E-state index contributed by atoms with van der Waals surface area (Å²) in [5.74, 6) is 0.507. The Hall–Kier alpha value is -1.69. The molecule has 0 atom stereocenters. The van der Waals surface area contributed by atoms with E-state index in [0.717, 1.165) is 11.4 Å². The van der Waals surface area contributed by atoms with Crippen LogP contribution in [0, 0.1) is 12.8 Å². The Kier molecular flexibility index (Phi) is 5.03. The molecule has 18 heavy (non-hydrogen) atoms. The van der Waals surface area contributed by atoms with Crippen molar-refractivity contribution in [3.63, 3.8) is 0 Å². The molecule has 6 heteroatoms. The second-order valence-electron chi connectivity index (χ2n) is 4.75. The lowest BCUT2D eigenvalue weighted by Gasteiger charge is -2.23. The van der Waals surface area contributed by atoms with Crippen LogP contribution in [0.2, 0.25) is 0 Å². The number of amides is 1. The maximum Gasteiger partial charge on any atom is 0.237 e. The van der Waals surface area contributed by atoms with Crippen LogP contribution in [0.3, 0.4) is 0 Å². The Labute approximate surface area is 107 Å². The molecule has 0 aliphatic rings. The molecule has 1 heterocycles. The number of aryl methyl sites for hydroxylation is 1. The van der Waals surface area contributed by atoms with Crippen molar-refractivity contribution in [3.05, 3.63) is 17.5 Å². The number of carbonyl (C=O) groups is 1. The van der Waals surface area contributed by atoms with Gasteiger partial charge in [-0.1, -0.05) is 13.8 Å². The van der Waals surface area contributed by atoms with Crippen LogP contribution in [0.25, 0.3) is 0 Å². The number of anilines is 1. The van der Waals surface area contributed by atoms with Crippen molar-refractivity contribution < 1.29 is 4.79 Å². The van der Waals surface area contributed by atoms with E-state index < -0.39 is 5.91 Å². The molecule has 6 nitrogen and oxygen atoms in total. The van der Waals surface area contributed by atoms with Gasteiger partial charge in [-0.3, -0.25) is 4.79 Å². The Morgan fingerprint density at radius 1 is 1.44 bits per heavy atom. The van der Waals surface area contributed by atoms with Gasteiger partial charge in [0.25, 0.3) is 0 Å². The van der Waals surface area contributed by atoms with Crippen LogP contribution in [0.1, 0.15) is 25.2 Å². The van der Waals surface area contributed by atoms with Crippen LogP contribution in [0.4, 0.5) is 5.95 Å². The first kappa shape index (κ1) is 14.4. The first-order valence-corrected chi connectivity index (χ1v) is 6.00. The van der Waals surface area contributed by atoms with Crippen LogP contribution in [-0.2, 0) is 11.3 Å². The highest BCUT2D eigenvalue weighted by molar-refractivity contribution is 5.78. The standard InChI is InChI=1S/C12H21N5O/c1-8(2)6-17(7-11(14)18)12-15-9(3)4-10(5-13)16-12/h4,8H,5-7,13H2,1-3H3,(H2,14,18). The predicted octanol–water partition coefficient (Wildman–Crippen LogP) is 0.191. The van der Waals surface area contributed by atoms with Gasteiger partial charge in [0.2, 0.25) is 11.9 Å². The fraction of sp³-hybridized carbons (Fsp3) is 0.583. The summed E-state index contributed by atoms with van der Waals surface area (Å²) in [5.41, 5.74) is 12.4. The van der Waals surface area contributed by atoms with Crippen molar-refractivity contribution in [2.75, 3.05) is 18.0 Å². The van der Waals surface area contributed by atoms with Gasteiger partial charge in [0.05, 0.1) is 12.2 Å². The molecule has 1 amide bonds. The zero-order valence-electron chi connectivity index (χ0n) is 11.2. The number of rotatable bonds is 6. The summed E-state index contributed by atoms with van der Waals surface area (Å²) in [6.07, 6.45) is 0. The van der Waals surface area contributed by atoms with Crippen molar-refractivity contribution in [2.24, 2.45) is 17.4 Å². The van der Waals surface area contributed by atoms with Crippen LogP contribution < -0.4 is 16.4 Å². The molecule has 0 bridgehead atoms. The average Bonchev–Trinajstić information content (AvgIpc) is 2.26. The summed E-state index contributed by atoms with van der Waals surface area (Å²) in [6, 6.07) is 1.83. The summed E-state index contributed by atoms with van der Waals surface area (Å²) in [6.45, 7) is 7.15. The quantitative estimate of drug-likeness (QED) is 0.752. The van der Waals surface area contributed by atoms with Crippen LogP contribution >= 0.6 is 0 Å². The second kappa shape index (κ2) is 6.30. The van der Waals surface area contributed by atoms with E-state index in [9.17, 15) is 4.79 Å². The highest BCUT2D eigenvalue weighted by Crippen LogP contribution is 2.12. The van der Waals surface area contributed by atoms with Gasteiger partial charge in [0.1, 0.15) is 0 Å². The van der Waals surface area contributed by atoms with Crippen LogP contribution in [0.15, 0.2) is 6.07 Å². The van der Waals surface area contributed by atoms with E-state index in [2.05, 4.69) is 23.8 Å². The van der Waals surface area contributed by atoms with Crippen molar-refractivity contribution in [2.45, 2.75) is 27.3 Å². The number of carbonyl (C=O) groups excluding carboxylic acids is 1. The van der Waals surface area contributed by atoms with Crippen molar-refractivity contribution in [1.29, 1.82) is 0 Å². The highest BCUT2D eigenvalue weighted by atomic mass is 16.1. The van der Waals surface area contributed by atoms with E-state index in [-0.39, 0.29) is 6.54 Å². The Morgan fingerprint density at radius 3 is 2.61 bits per heavy atom. The van der Waals surface area contributed by atoms with Gasteiger partial charge in [-0.15, -0.1) is 0 Å². The molecule has 0 saturated carbocycles. The second-order valence-corrected chi connectivity index (χ2v) is 4.75. The van der Waals surface area contributed by atoms with E-state index in [0.29, 0.717) is 25.0 Å². The maximum atomic E-state index is 11.1. The predicted molar refractivity (Wildman–Crippen MR) is 70.9 cm³/mol. The van der Waals surface area contributed by atoms with Crippen molar-refractivity contribution >= 4 is 11.9 Å². The topological polar surface area (TPSA) is 98.1 Å². The summed E-state index contributed by atoms with van der Waals surface area (Å²) in [5, 5.41) is 0. The van der Waals surface area contributed by atoms with E-state index >= 15 is 0 Å². The van der Waals surface area contributed by atoms with Gasteiger partial charge in [-0.2, -0.15) is 0 Å². The molecule has 0 spiro atoms. The molecule has 0 unspecified atom stereocenters. The number of primary amides is 1. The number of nitrogens with zero attached hydrogens (tertiary/aromatic N) is 3. The Morgan fingerprint density at radius 2 is 2.11 bits per heavy atom. The van der Waals surface area contributed by atoms with Gasteiger partial charge in [0, 0.05) is 18.8 Å². The minimum absolute atomic E-state index is 0.117. The largest absolute Gasteiger partial charge is 0.368 e. The Balaban J connectivity index is 3.02. The third-order valence-corrected chi connectivity index (χ3v) is 2.32. The van der Waals surface area contributed by atoms with E-state index in [1.165, 1.54) is 0 Å². The van der Waals surface area contributed by atoms with E-state index in [1.807, 2.05) is 13.0 Å². The molecule has 1 rings (SSSR count). The van der Waals surface area contributed by atoms with E-state index in [4.69, 9.17) is 11.5 Å². The zero-order valence-corrected chi connectivity index (χ0v) is 11.2. The minimum atomic E-state index is -0.393. The number of hydrogen-bond acceptors (Lipinski definition) is 5. The lowest BCUT2D eigenvalue weighted by Crippen LogP contribution is -2.37. The molecule has 0 saturated heterocycles. The molecular formula is C12H21N5O. The average molecular weight is 251 g/mol. The lowest BCUT2D eigenvalue weighted by molar-refractivity contribution is -0.116.